The van der Waals surface area contributed by atoms with Crippen LogP contribution < -0.4 is 10.6 Å². The van der Waals surface area contributed by atoms with E-state index in [9.17, 15) is 14.7 Å². The number of aromatic nitrogens is 1. The standard InChI is InChI=1S/C26H26ClN3O3/c1-16-10-11-17(25(32)29-22-8-4-5-9-24(22)31)13-23(16)30-26(33)19-12-18(14-28-15-19)20-6-2-3-7-21(20)27/h2-3,6-7,10-15,22,24,31H,4-5,8-9H2,1H3,(H,29,32)(H,30,33)/t22-,24-/m0/s1. The highest BCUT2D eigenvalue weighted by atomic mass is 35.5. The molecule has 3 N–H and O–H groups in total. The van der Waals surface area contributed by atoms with Crippen molar-refractivity contribution in [1.82, 2.24) is 10.3 Å². The third-order valence-electron chi connectivity index (χ3n) is 5.98. The Kier molecular flexibility index (Phi) is 7.06. The summed E-state index contributed by atoms with van der Waals surface area (Å²) in [6, 6.07) is 14.0. The van der Waals surface area contributed by atoms with Crippen LogP contribution in [-0.2, 0) is 0 Å². The first kappa shape index (κ1) is 23.0. The molecule has 1 aromatic heterocycles. The number of hydrogen-bond donors (Lipinski definition) is 3. The first-order chi connectivity index (χ1) is 15.9. The molecule has 0 bridgehead atoms. The Hall–Kier alpha value is -3.22. The van der Waals surface area contributed by atoms with E-state index < -0.39 is 6.10 Å². The minimum Gasteiger partial charge on any atom is -0.391 e. The van der Waals surface area contributed by atoms with Gasteiger partial charge in [0.25, 0.3) is 11.8 Å². The molecule has 1 aliphatic carbocycles. The molecule has 6 nitrogen and oxygen atoms in total. The number of amides is 2. The first-order valence-corrected chi connectivity index (χ1v) is 11.4. The summed E-state index contributed by atoms with van der Waals surface area (Å²) < 4.78 is 0. The Balaban J connectivity index is 1.51. The van der Waals surface area contributed by atoms with Crippen LogP contribution in [0.2, 0.25) is 5.02 Å². The van der Waals surface area contributed by atoms with Gasteiger partial charge in [-0.05, 0) is 49.6 Å². The Morgan fingerprint density at radius 2 is 1.79 bits per heavy atom. The van der Waals surface area contributed by atoms with Crippen LogP contribution in [0.5, 0.6) is 0 Å². The molecule has 1 heterocycles. The molecule has 0 spiro atoms. The number of nitrogens with zero attached hydrogens (tertiary/aromatic N) is 1. The highest BCUT2D eigenvalue weighted by Gasteiger charge is 2.25. The van der Waals surface area contributed by atoms with Gasteiger partial charge in [-0.25, -0.2) is 0 Å². The van der Waals surface area contributed by atoms with E-state index in [-0.39, 0.29) is 17.9 Å². The molecule has 0 radical (unpaired) electrons. The second-order valence-electron chi connectivity index (χ2n) is 8.36. The number of carbonyl (C=O) groups is 2. The number of aryl methyl sites for hydroxylation is 1. The van der Waals surface area contributed by atoms with Crippen LogP contribution in [0, 0.1) is 6.92 Å². The van der Waals surface area contributed by atoms with Crippen molar-refractivity contribution in [3.8, 4) is 11.1 Å². The fraction of sp³-hybridized carbons (Fsp3) is 0.269. The molecule has 1 aliphatic rings. The number of carbonyl (C=O) groups excluding carboxylic acids is 2. The molecule has 0 unspecified atom stereocenters. The van der Waals surface area contributed by atoms with Gasteiger partial charge in [-0.3, -0.25) is 14.6 Å². The van der Waals surface area contributed by atoms with Crippen LogP contribution in [0.15, 0.2) is 60.9 Å². The fourth-order valence-corrected chi connectivity index (χ4v) is 4.28. The van der Waals surface area contributed by atoms with Gasteiger partial charge >= 0.3 is 0 Å². The van der Waals surface area contributed by atoms with E-state index in [4.69, 9.17) is 11.6 Å². The zero-order chi connectivity index (χ0) is 23.4. The second kappa shape index (κ2) is 10.1. The van der Waals surface area contributed by atoms with Gasteiger partial charge in [-0.1, -0.05) is 48.7 Å². The molecule has 2 aromatic carbocycles. The molecule has 0 saturated heterocycles. The van der Waals surface area contributed by atoms with E-state index in [0.29, 0.717) is 28.3 Å². The number of hydrogen-bond acceptors (Lipinski definition) is 4. The van der Waals surface area contributed by atoms with Gasteiger partial charge in [0.1, 0.15) is 0 Å². The minimum atomic E-state index is -0.523. The number of benzene rings is 2. The summed E-state index contributed by atoms with van der Waals surface area (Å²) in [5.41, 5.74) is 3.71. The van der Waals surface area contributed by atoms with Gasteiger partial charge in [-0.15, -0.1) is 0 Å². The van der Waals surface area contributed by atoms with Crippen molar-refractivity contribution in [1.29, 1.82) is 0 Å². The van der Waals surface area contributed by atoms with Crippen LogP contribution in [0.25, 0.3) is 11.1 Å². The monoisotopic (exact) mass is 463 g/mol. The molecule has 4 rings (SSSR count). The summed E-state index contributed by atoms with van der Waals surface area (Å²) in [6.45, 7) is 1.86. The second-order valence-corrected chi connectivity index (χ2v) is 8.76. The summed E-state index contributed by atoms with van der Waals surface area (Å²) in [7, 11) is 0. The zero-order valence-electron chi connectivity index (χ0n) is 18.3. The van der Waals surface area contributed by atoms with Crippen molar-refractivity contribution >= 4 is 29.1 Å². The topological polar surface area (TPSA) is 91.3 Å². The summed E-state index contributed by atoms with van der Waals surface area (Å²) in [5, 5.41) is 16.5. The Bertz CT molecular complexity index is 1180. The maximum Gasteiger partial charge on any atom is 0.257 e. The van der Waals surface area contributed by atoms with E-state index in [1.807, 2.05) is 25.1 Å². The lowest BCUT2D eigenvalue weighted by atomic mass is 9.92. The Labute approximate surface area is 198 Å². The molecular weight excluding hydrogens is 438 g/mol. The molecule has 2 atom stereocenters. The predicted octanol–water partition coefficient (Wildman–Crippen LogP) is 5.00. The van der Waals surface area contributed by atoms with Crippen LogP contribution in [0.4, 0.5) is 5.69 Å². The molecule has 0 aliphatic heterocycles. The summed E-state index contributed by atoms with van der Waals surface area (Å²) in [4.78, 5) is 29.9. The zero-order valence-corrected chi connectivity index (χ0v) is 19.1. The number of pyridine rings is 1. The average molecular weight is 464 g/mol. The average Bonchev–Trinajstić information content (AvgIpc) is 2.82. The van der Waals surface area contributed by atoms with Gasteiger partial charge in [0.15, 0.2) is 0 Å². The summed E-state index contributed by atoms with van der Waals surface area (Å²) in [6.07, 6.45) is 6.04. The molecule has 1 fully saturated rings. The first-order valence-electron chi connectivity index (χ1n) is 11.0. The van der Waals surface area contributed by atoms with Gasteiger partial charge in [0.2, 0.25) is 0 Å². The lowest BCUT2D eigenvalue weighted by molar-refractivity contribution is 0.0717. The van der Waals surface area contributed by atoms with Crippen molar-refractivity contribution in [3.05, 3.63) is 82.6 Å². The SMILES string of the molecule is Cc1ccc(C(=O)N[C@H]2CCCC[C@@H]2O)cc1NC(=O)c1cncc(-c2ccccc2Cl)c1. The van der Waals surface area contributed by atoms with Crippen LogP contribution in [-0.4, -0.2) is 34.1 Å². The number of halogens is 1. The molecule has 2 amide bonds. The van der Waals surface area contributed by atoms with E-state index in [2.05, 4.69) is 15.6 Å². The van der Waals surface area contributed by atoms with E-state index in [1.54, 1.807) is 36.5 Å². The lowest BCUT2D eigenvalue weighted by Crippen LogP contribution is -2.45. The largest absolute Gasteiger partial charge is 0.391 e. The third-order valence-corrected chi connectivity index (χ3v) is 6.31. The van der Waals surface area contributed by atoms with Crippen LogP contribution >= 0.6 is 11.6 Å². The van der Waals surface area contributed by atoms with E-state index in [0.717, 1.165) is 36.0 Å². The normalized spacial score (nSPS) is 17.9. The maximum absolute atomic E-state index is 13.0. The number of rotatable bonds is 5. The Morgan fingerprint density at radius 1 is 1.00 bits per heavy atom. The Morgan fingerprint density at radius 3 is 2.58 bits per heavy atom. The van der Waals surface area contributed by atoms with Crippen LogP contribution in [0.1, 0.15) is 52.0 Å². The summed E-state index contributed by atoms with van der Waals surface area (Å²) in [5.74, 6) is -0.599. The smallest absolute Gasteiger partial charge is 0.257 e. The van der Waals surface area contributed by atoms with Crippen molar-refractivity contribution < 1.29 is 14.7 Å². The molecular formula is C26H26ClN3O3. The number of aliphatic hydroxyl groups excluding tert-OH is 1. The molecule has 3 aromatic rings. The van der Waals surface area contributed by atoms with Gasteiger partial charge in [0.05, 0.1) is 17.7 Å². The lowest BCUT2D eigenvalue weighted by Gasteiger charge is -2.28. The van der Waals surface area contributed by atoms with Crippen LogP contribution in [0.3, 0.4) is 0 Å². The van der Waals surface area contributed by atoms with Crippen molar-refractivity contribution in [2.45, 2.75) is 44.8 Å². The van der Waals surface area contributed by atoms with Gasteiger partial charge < -0.3 is 15.7 Å². The highest BCUT2D eigenvalue weighted by Crippen LogP contribution is 2.28. The number of aliphatic hydroxyl groups is 1. The van der Waals surface area contributed by atoms with Gasteiger partial charge in [0, 0.05) is 39.8 Å². The molecule has 33 heavy (non-hydrogen) atoms. The predicted molar refractivity (Wildman–Crippen MR) is 130 cm³/mol. The van der Waals surface area contributed by atoms with Crippen molar-refractivity contribution in [3.63, 3.8) is 0 Å². The maximum atomic E-state index is 13.0. The van der Waals surface area contributed by atoms with Gasteiger partial charge in [-0.2, -0.15) is 0 Å². The highest BCUT2D eigenvalue weighted by molar-refractivity contribution is 6.33. The third kappa shape index (κ3) is 5.41. The summed E-state index contributed by atoms with van der Waals surface area (Å²) >= 11 is 6.29. The van der Waals surface area contributed by atoms with Crippen molar-refractivity contribution in [2.24, 2.45) is 0 Å². The number of nitrogens with one attached hydrogen (secondary N) is 2. The minimum absolute atomic E-state index is 0.246. The molecule has 1 saturated carbocycles. The van der Waals surface area contributed by atoms with E-state index >= 15 is 0 Å². The van der Waals surface area contributed by atoms with Crippen molar-refractivity contribution in [2.75, 3.05) is 5.32 Å². The van der Waals surface area contributed by atoms with E-state index in [1.165, 1.54) is 6.20 Å². The molecule has 7 heteroatoms. The number of anilines is 1. The quantitative estimate of drug-likeness (QED) is 0.496. The fourth-order valence-electron chi connectivity index (χ4n) is 4.03. The molecule has 170 valence electrons.